The quantitative estimate of drug-likeness (QED) is 0.162. The molecule has 11 rings (SSSR count). The standard InChI is InChI=1S/C55H39N3O/c1-57-50(39-31-29-38(30-32-39)37-17-6-2-7-18-37)36-47(56-55(57)42-23-12-5-13-24-42)43-25-16-26-44(35-43)58-48-28-15-14-27-45(48)52-49(58)34-33-46-51(40-19-8-3-9-20-40)53(59-54(46)52)41-21-10-4-11-22-41/h2-36,55H,1H3. The first kappa shape index (κ1) is 34.5. The van der Waals surface area contributed by atoms with Gasteiger partial charge in [-0.25, -0.2) is 0 Å². The molecule has 3 heterocycles. The lowest BCUT2D eigenvalue weighted by Gasteiger charge is -2.34. The number of aliphatic imine (C=N–C) groups is 1. The smallest absolute Gasteiger partial charge is 0.147 e. The highest BCUT2D eigenvalue weighted by atomic mass is 16.3. The van der Waals surface area contributed by atoms with E-state index in [9.17, 15) is 0 Å². The lowest BCUT2D eigenvalue weighted by atomic mass is 9.98. The van der Waals surface area contributed by atoms with Gasteiger partial charge in [0.05, 0.1) is 22.1 Å². The minimum absolute atomic E-state index is 0.193. The molecule has 0 bridgehead atoms. The van der Waals surface area contributed by atoms with Crippen LogP contribution in [0.2, 0.25) is 0 Å². The molecule has 0 saturated carbocycles. The minimum Gasteiger partial charge on any atom is -0.455 e. The fourth-order valence-electron chi connectivity index (χ4n) is 8.82. The van der Waals surface area contributed by atoms with Crippen LogP contribution in [0, 0.1) is 0 Å². The van der Waals surface area contributed by atoms with Crippen molar-refractivity contribution in [1.82, 2.24) is 9.47 Å². The van der Waals surface area contributed by atoms with E-state index in [1.165, 1.54) is 11.1 Å². The summed E-state index contributed by atoms with van der Waals surface area (Å²) in [5, 5.41) is 3.35. The summed E-state index contributed by atoms with van der Waals surface area (Å²) in [5.74, 6) is 0.878. The van der Waals surface area contributed by atoms with Crippen LogP contribution < -0.4 is 0 Å². The van der Waals surface area contributed by atoms with Crippen molar-refractivity contribution in [3.05, 3.63) is 229 Å². The zero-order chi connectivity index (χ0) is 39.3. The Bertz CT molecular complexity index is 3200. The van der Waals surface area contributed by atoms with E-state index in [1.54, 1.807) is 0 Å². The van der Waals surface area contributed by atoms with E-state index in [4.69, 9.17) is 9.41 Å². The summed E-state index contributed by atoms with van der Waals surface area (Å²) >= 11 is 0. The molecule has 59 heavy (non-hydrogen) atoms. The van der Waals surface area contributed by atoms with Gasteiger partial charge < -0.3 is 13.9 Å². The maximum atomic E-state index is 7.03. The third-order valence-electron chi connectivity index (χ3n) is 11.7. The molecule has 1 atom stereocenters. The maximum absolute atomic E-state index is 7.03. The van der Waals surface area contributed by atoms with Crippen LogP contribution in [-0.2, 0) is 0 Å². The molecule has 0 saturated heterocycles. The van der Waals surface area contributed by atoms with Gasteiger partial charge in [-0.1, -0.05) is 176 Å². The molecule has 8 aromatic carbocycles. The minimum atomic E-state index is -0.193. The van der Waals surface area contributed by atoms with E-state index in [2.05, 4.69) is 223 Å². The van der Waals surface area contributed by atoms with Crippen LogP contribution >= 0.6 is 0 Å². The Morgan fingerprint density at radius 1 is 0.475 bits per heavy atom. The molecular weight excluding hydrogens is 719 g/mol. The van der Waals surface area contributed by atoms with Crippen LogP contribution in [0.1, 0.15) is 22.9 Å². The van der Waals surface area contributed by atoms with Gasteiger partial charge in [0.1, 0.15) is 17.5 Å². The number of rotatable bonds is 7. The Morgan fingerprint density at radius 2 is 1.07 bits per heavy atom. The summed E-state index contributed by atoms with van der Waals surface area (Å²) in [6.07, 6.45) is 2.05. The first-order chi connectivity index (χ1) is 29.2. The lowest BCUT2D eigenvalue weighted by molar-refractivity contribution is 0.364. The van der Waals surface area contributed by atoms with Crippen LogP contribution in [-0.4, -0.2) is 22.2 Å². The largest absolute Gasteiger partial charge is 0.455 e. The Hall–Kier alpha value is -7.69. The molecule has 10 aromatic rings. The highest BCUT2D eigenvalue weighted by molar-refractivity contribution is 6.23. The normalized spacial score (nSPS) is 14.2. The van der Waals surface area contributed by atoms with Crippen LogP contribution in [0.5, 0.6) is 0 Å². The summed E-state index contributed by atoms with van der Waals surface area (Å²) in [6.45, 7) is 0. The van der Waals surface area contributed by atoms with Gasteiger partial charge in [0.15, 0.2) is 0 Å². The van der Waals surface area contributed by atoms with Gasteiger partial charge in [-0.05, 0) is 64.2 Å². The fourth-order valence-corrected chi connectivity index (χ4v) is 8.82. The average molecular weight is 758 g/mol. The van der Waals surface area contributed by atoms with E-state index in [0.29, 0.717) is 0 Å². The molecule has 0 radical (unpaired) electrons. The van der Waals surface area contributed by atoms with Crippen molar-refractivity contribution in [1.29, 1.82) is 0 Å². The second kappa shape index (κ2) is 14.4. The van der Waals surface area contributed by atoms with Gasteiger partial charge in [-0.2, -0.15) is 0 Å². The summed E-state index contributed by atoms with van der Waals surface area (Å²) < 4.78 is 9.41. The predicted molar refractivity (Wildman–Crippen MR) is 245 cm³/mol. The second-order valence-corrected chi connectivity index (χ2v) is 15.2. The highest BCUT2D eigenvalue weighted by Gasteiger charge is 2.27. The average Bonchev–Trinajstić information content (AvgIpc) is 3.87. The van der Waals surface area contributed by atoms with Crippen LogP contribution in [0.15, 0.2) is 222 Å². The van der Waals surface area contributed by atoms with Crippen LogP contribution in [0.4, 0.5) is 0 Å². The fraction of sp³-hybridized carbons (Fsp3) is 0.0364. The Morgan fingerprint density at radius 3 is 1.80 bits per heavy atom. The molecule has 1 unspecified atom stereocenters. The Kier molecular flexibility index (Phi) is 8.41. The third-order valence-corrected chi connectivity index (χ3v) is 11.7. The van der Waals surface area contributed by atoms with Crippen molar-refractivity contribution in [2.45, 2.75) is 6.17 Å². The molecule has 280 valence electrons. The van der Waals surface area contributed by atoms with Gasteiger partial charge in [0, 0.05) is 45.9 Å². The summed E-state index contributed by atoms with van der Waals surface area (Å²) in [5.41, 5.74) is 15.3. The molecule has 4 heteroatoms. The SMILES string of the molecule is CN1C(c2ccc(-c3ccccc3)cc2)=CC(c2cccc(-n3c4ccccc4c4c5oc(-c6ccccc6)c(-c6ccccc6)c5ccc43)c2)=NC1c1ccccc1. The zero-order valence-corrected chi connectivity index (χ0v) is 32.5. The monoisotopic (exact) mass is 757 g/mol. The molecule has 1 aliphatic heterocycles. The molecule has 0 fully saturated rings. The molecule has 0 aliphatic carbocycles. The van der Waals surface area contributed by atoms with E-state index in [1.807, 2.05) is 6.07 Å². The number of hydrogen-bond donors (Lipinski definition) is 0. The van der Waals surface area contributed by atoms with Crippen LogP contribution in [0.3, 0.4) is 0 Å². The number of hydrogen-bond acceptors (Lipinski definition) is 3. The van der Waals surface area contributed by atoms with Crippen molar-refractivity contribution in [3.8, 4) is 39.3 Å². The highest BCUT2D eigenvalue weighted by Crippen LogP contribution is 2.46. The van der Waals surface area contributed by atoms with E-state index >= 15 is 0 Å². The second-order valence-electron chi connectivity index (χ2n) is 15.2. The predicted octanol–water partition coefficient (Wildman–Crippen LogP) is 14.0. The lowest BCUT2D eigenvalue weighted by Crippen LogP contribution is -2.27. The van der Waals surface area contributed by atoms with Crippen LogP contribution in [0.25, 0.3) is 77.7 Å². The topological polar surface area (TPSA) is 33.7 Å². The Labute approximate surface area is 343 Å². The summed E-state index contributed by atoms with van der Waals surface area (Å²) in [4.78, 5) is 7.73. The number of fused-ring (bicyclic) bond motifs is 5. The van der Waals surface area contributed by atoms with Gasteiger partial charge in [0.2, 0.25) is 0 Å². The number of nitrogens with zero attached hydrogens (tertiary/aromatic N) is 3. The van der Waals surface area contributed by atoms with Crippen molar-refractivity contribution < 1.29 is 4.42 Å². The van der Waals surface area contributed by atoms with E-state index in [0.717, 1.165) is 89.0 Å². The molecular formula is C55H39N3O. The van der Waals surface area contributed by atoms with Crippen molar-refractivity contribution >= 4 is 44.2 Å². The number of aromatic nitrogens is 1. The maximum Gasteiger partial charge on any atom is 0.147 e. The first-order valence-corrected chi connectivity index (χ1v) is 20.1. The van der Waals surface area contributed by atoms with Gasteiger partial charge in [-0.3, -0.25) is 4.99 Å². The number of furan rings is 1. The molecule has 0 N–H and O–H groups in total. The van der Waals surface area contributed by atoms with Crippen molar-refractivity contribution in [2.75, 3.05) is 7.05 Å². The molecule has 0 spiro atoms. The van der Waals surface area contributed by atoms with Crippen molar-refractivity contribution in [2.24, 2.45) is 4.99 Å². The van der Waals surface area contributed by atoms with Gasteiger partial charge in [0.25, 0.3) is 0 Å². The van der Waals surface area contributed by atoms with E-state index in [-0.39, 0.29) is 6.17 Å². The molecule has 2 aromatic heterocycles. The summed E-state index contributed by atoms with van der Waals surface area (Å²) in [6, 6.07) is 73.0. The number of allylic oxidation sites excluding steroid dienone is 1. The first-order valence-electron chi connectivity index (χ1n) is 20.1. The Balaban J connectivity index is 1.07. The number of benzene rings is 8. The van der Waals surface area contributed by atoms with Gasteiger partial charge >= 0.3 is 0 Å². The van der Waals surface area contributed by atoms with Gasteiger partial charge in [-0.15, -0.1) is 0 Å². The van der Waals surface area contributed by atoms with E-state index < -0.39 is 0 Å². The van der Waals surface area contributed by atoms with Crippen molar-refractivity contribution in [3.63, 3.8) is 0 Å². The number of para-hydroxylation sites is 1. The molecule has 1 aliphatic rings. The third kappa shape index (κ3) is 5.96. The zero-order valence-electron chi connectivity index (χ0n) is 32.5. The molecule has 0 amide bonds. The molecule has 4 nitrogen and oxygen atoms in total. The summed E-state index contributed by atoms with van der Waals surface area (Å²) in [7, 11) is 2.14.